The summed E-state index contributed by atoms with van der Waals surface area (Å²) in [4.78, 5) is 51.8. The second kappa shape index (κ2) is 11.3. The molecule has 2 atom stereocenters. The number of rotatable bonds is 9. The normalized spacial score (nSPS) is 23.3. The van der Waals surface area contributed by atoms with Gasteiger partial charge in [-0.2, -0.15) is 0 Å². The third-order valence-electron chi connectivity index (χ3n) is 6.79. The van der Waals surface area contributed by atoms with Crippen molar-refractivity contribution in [3.63, 3.8) is 0 Å². The number of aliphatic imine (C=N–C) groups is 1. The van der Waals surface area contributed by atoms with Gasteiger partial charge in [0.2, 0.25) is 5.91 Å². The smallest absolute Gasteiger partial charge is 0.337 e. The van der Waals surface area contributed by atoms with Gasteiger partial charge in [-0.3, -0.25) is 29.3 Å². The van der Waals surface area contributed by atoms with Crippen molar-refractivity contribution in [1.82, 2.24) is 30.3 Å². The second-order valence-corrected chi connectivity index (χ2v) is 11.0. The molecule has 12 nitrogen and oxygen atoms in total. The Morgan fingerprint density at radius 3 is 2.73 bits per heavy atom. The maximum atomic E-state index is 12.7. The quantitative estimate of drug-likeness (QED) is 0.376. The number of piperazine rings is 1. The molecule has 37 heavy (non-hydrogen) atoms. The zero-order valence-corrected chi connectivity index (χ0v) is 22.5. The van der Waals surface area contributed by atoms with Gasteiger partial charge in [-0.05, 0) is 20.8 Å². The van der Waals surface area contributed by atoms with E-state index in [0.29, 0.717) is 50.7 Å². The highest BCUT2D eigenvalue weighted by Gasteiger charge is 2.45. The number of nitrogens with zero attached hydrogens (tertiary/aromatic N) is 5. The van der Waals surface area contributed by atoms with Gasteiger partial charge in [-0.1, -0.05) is 0 Å². The SMILES string of the molecule is CCOC(=O)C1=C(CN2CCN3C(C2)CN(CC(C)(C)C(=O)O)C3NC(C)=O)NC(c2nccs2)=NC1. The van der Waals surface area contributed by atoms with Gasteiger partial charge in [0.05, 0.1) is 24.1 Å². The maximum Gasteiger partial charge on any atom is 0.337 e. The fourth-order valence-corrected chi connectivity index (χ4v) is 5.56. The number of amidine groups is 1. The van der Waals surface area contributed by atoms with E-state index in [9.17, 15) is 19.5 Å². The van der Waals surface area contributed by atoms with Crippen molar-refractivity contribution >= 4 is 35.0 Å². The molecule has 2 unspecified atom stereocenters. The van der Waals surface area contributed by atoms with Crippen LogP contribution in [0.5, 0.6) is 0 Å². The zero-order chi connectivity index (χ0) is 26.7. The molecule has 202 valence electrons. The number of hydrogen-bond acceptors (Lipinski definition) is 11. The topological polar surface area (TPSA) is 140 Å². The van der Waals surface area contributed by atoms with E-state index in [4.69, 9.17) is 4.74 Å². The molecule has 0 radical (unpaired) electrons. The molecule has 3 N–H and O–H groups in total. The maximum absolute atomic E-state index is 12.7. The van der Waals surface area contributed by atoms with E-state index in [-0.39, 0.29) is 37.4 Å². The van der Waals surface area contributed by atoms with E-state index in [1.165, 1.54) is 18.3 Å². The van der Waals surface area contributed by atoms with Crippen LogP contribution < -0.4 is 10.6 Å². The third-order valence-corrected chi connectivity index (χ3v) is 7.57. The lowest BCUT2D eigenvalue weighted by molar-refractivity contribution is -0.148. The zero-order valence-electron chi connectivity index (χ0n) is 21.7. The molecule has 2 saturated heterocycles. The molecule has 0 aromatic carbocycles. The highest BCUT2D eigenvalue weighted by atomic mass is 32.1. The lowest BCUT2D eigenvalue weighted by Crippen LogP contribution is -2.59. The van der Waals surface area contributed by atoms with Gasteiger partial charge >= 0.3 is 11.9 Å². The Kier molecular flexibility index (Phi) is 8.26. The molecule has 4 rings (SSSR count). The molecule has 1 amide bonds. The van der Waals surface area contributed by atoms with Crippen LogP contribution in [0.3, 0.4) is 0 Å². The Morgan fingerprint density at radius 1 is 1.30 bits per heavy atom. The van der Waals surface area contributed by atoms with Crippen molar-refractivity contribution in [1.29, 1.82) is 0 Å². The average Bonchev–Trinajstić information content (AvgIpc) is 3.47. The molecule has 3 aliphatic heterocycles. The molecule has 0 bridgehead atoms. The summed E-state index contributed by atoms with van der Waals surface area (Å²) >= 11 is 1.48. The van der Waals surface area contributed by atoms with Crippen molar-refractivity contribution in [3.05, 3.63) is 27.9 Å². The van der Waals surface area contributed by atoms with Gasteiger partial charge in [0.1, 0.15) is 6.29 Å². The number of esters is 1. The number of carboxylic acids is 1. The van der Waals surface area contributed by atoms with Crippen LogP contribution in [0.15, 0.2) is 27.8 Å². The van der Waals surface area contributed by atoms with Crippen LogP contribution in [0.25, 0.3) is 0 Å². The van der Waals surface area contributed by atoms with Crippen molar-refractivity contribution < 1.29 is 24.2 Å². The van der Waals surface area contributed by atoms with Crippen LogP contribution in [0, 0.1) is 5.41 Å². The monoisotopic (exact) mass is 533 g/mol. The molecular weight excluding hydrogens is 498 g/mol. The molecule has 1 aromatic heterocycles. The summed E-state index contributed by atoms with van der Waals surface area (Å²) in [5.74, 6) is -0.763. The summed E-state index contributed by atoms with van der Waals surface area (Å²) in [5.41, 5.74) is 0.312. The predicted molar refractivity (Wildman–Crippen MR) is 138 cm³/mol. The molecule has 1 aromatic rings. The molecule has 0 spiro atoms. The number of thiazole rings is 1. The van der Waals surface area contributed by atoms with Gasteiger partial charge in [0.15, 0.2) is 10.8 Å². The minimum absolute atomic E-state index is 0.0949. The first-order valence-electron chi connectivity index (χ1n) is 12.4. The molecule has 3 aliphatic rings. The highest BCUT2D eigenvalue weighted by molar-refractivity contribution is 7.11. The van der Waals surface area contributed by atoms with E-state index in [1.54, 1.807) is 27.0 Å². The van der Waals surface area contributed by atoms with Crippen molar-refractivity contribution in [3.8, 4) is 0 Å². The Morgan fingerprint density at radius 2 is 2.08 bits per heavy atom. The van der Waals surface area contributed by atoms with Gasteiger partial charge in [0.25, 0.3) is 0 Å². The number of ether oxygens (including phenoxy) is 1. The van der Waals surface area contributed by atoms with Crippen molar-refractivity contribution in [2.75, 3.05) is 52.4 Å². The summed E-state index contributed by atoms with van der Waals surface area (Å²) in [6, 6.07) is 0.0949. The number of fused-ring (bicyclic) bond motifs is 1. The Balaban J connectivity index is 1.49. The Hall–Kier alpha value is -2.87. The van der Waals surface area contributed by atoms with Gasteiger partial charge in [0, 0.05) is 69.5 Å². The van der Waals surface area contributed by atoms with E-state index < -0.39 is 11.4 Å². The summed E-state index contributed by atoms with van der Waals surface area (Å²) in [7, 11) is 0. The third kappa shape index (κ3) is 6.17. The van der Waals surface area contributed by atoms with Crippen LogP contribution in [0.1, 0.15) is 32.7 Å². The standard InChI is InChI=1S/C24H35N7O5S/c1-5-36-21(33)17-10-26-19(20-25-6-9-37-20)28-18(17)13-29-7-8-31-16(11-29)12-30(23(31)27-15(2)32)14-24(3,4)22(34)35/h6,9,16,23H,5,7-8,10-14H2,1-4H3,(H,26,28)(H,27,32)(H,34,35). The van der Waals surface area contributed by atoms with Crippen LogP contribution in [-0.4, -0.2) is 113 Å². The number of carbonyl (C=O) groups is 3. The number of carbonyl (C=O) groups excluding carboxylic acids is 2. The second-order valence-electron chi connectivity index (χ2n) is 10.1. The summed E-state index contributed by atoms with van der Waals surface area (Å²) in [6.45, 7) is 10.7. The van der Waals surface area contributed by atoms with Crippen LogP contribution in [-0.2, 0) is 19.1 Å². The summed E-state index contributed by atoms with van der Waals surface area (Å²) in [6.07, 6.45) is 1.37. The molecule has 2 fully saturated rings. The number of hydrogen-bond donors (Lipinski definition) is 3. The van der Waals surface area contributed by atoms with Gasteiger partial charge < -0.3 is 20.5 Å². The van der Waals surface area contributed by atoms with Gasteiger partial charge in [-0.25, -0.2) is 9.78 Å². The van der Waals surface area contributed by atoms with E-state index in [0.717, 1.165) is 10.7 Å². The molecule has 13 heteroatoms. The number of aromatic nitrogens is 1. The van der Waals surface area contributed by atoms with Crippen LogP contribution in [0.2, 0.25) is 0 Å². The lowest BCUT2D eigenvalue weighted by atomic mass is 9.93. The largest absolute Gasteiger partial charge is 0.481 e. The minimum atomic E-state index is -0.956. The van der Waals surface area contributed by atoms with E-state index in [1.807, 2.05) is 10.3 Å². The first-order chi connectivity index (χ1) is 17.6. The first kappa shape index (κ1) is 27.2. The number of nitrogens with one attached hydrogen (secondary N) is 2. The number of amides is 1. The van der Waals surface area contributed by atoms with Crippen molar-refractivity contribution in [2.45, 2.75) is 40.0 Å². The molecule has 0 aliphatic carbocycles. The lowest BCUT2D eigenvalue weighted by Gasteiger charge is -2.40. The van der Waals surface area contributed by atoms with Crippen LogP contribution in [0.4, 0.5) is 0 Å². The summed E-state index contributed by atoms with van der Waals surface area (Å²) in [5, 5.41) is 18.6. The van der Waals surface area contributed by atoms with E-state index in [2.05, 4.69) is 30.4 Å². The molecule has 4 heterocycles. The Labute approximate surface area is 220 Å². The minimum Gasteiger partial charge on any atom is -0.481 e. The molecular formula is C24H35N7O5S. The fourth-order valence-electron chi connectivity index (χ4n) is 4.96. The predicted octanol–water partition coefficient (Wildman–Crippen LogP) is 0.142. The summed E-state index contributed by atoms with van der Waals surface area (Å²) < 4.78 is 5.29. The highest BCUT2D eigenvalue weighted by Crippen LogP contribution is 2.28. The van der Waals surface area contributed by atoms with E-state index >= 15 is 0 Å². The first-order valence-corrected chi connectivity index (χ1v) is 13.3. The Bertz CT molecular complexity index is 1090. The van der Waals surface area contributed by atoms with Gasteiger partial charge in [-0.15, -0.1) is 11.3 Å². The van der Waals surface area contributed by atoms with Crippen molar-refractivity contribution in [2.24, 2.45) is 10.4 Å². The molecule has 0 saturated carbocycles. The fraction of sp³-hybridized carbons (Fsp3) is 0.625. The number of carboxylic acid groups (broad SMARTS) is 1. The number of aliphatic carboxylic acids is 1. The van der Waals surface area contributed by atoms with Crippen LogP contribution >= 0.6 is 11.3 Å². The average molecular weight is 534 g/mol.